The Labute approximate surface area is 69.6 Å². The lowest BCUT2D eigenvalue weighted by Crippen LogP contribution is -2.21. The number of carbonyl (C=O) groups is 2. The Kier molecular flexibility index (Phi) is 3.53. The SMILES string of the molecule is O=C1CC(=O)OCCOCCO1. The van der Waals surface area contributed by atoms with Crippen molar-refractivity contribution in [2.24, 2.45) is 0 Å². The third-order valence-corrected chi connectivity index (χ3v) is 1.27. The first kappa shape index (κ1) is 8.99. The van der Waals surface area contributed by atoms with E-state index in [0.717, 1.165) is 0 Å². The minimum atomic E-state index is -0.564. The Balaban J connectivity index is 2.34. The summed E-state index contributed by atoms with van der Waals surface area (Å²) in [6, 6.07) is 0. The fourth-order valence-electron chi connectivity index (χ4n) is 0.751. The Morgan fingerprint density at radius 1 is 0.833 bits per heavy atom. The van der Waals surface area contributed by atoms with E-state index in [0.29, 0.717) is 13.2 Å². The first-order valence-electron chi connectivity index (χ1n) is 3.68. The molecule has 5 nitrogen and oxygen atoms in total. The molecule has 0 atom stereocenters. The second-order valence-corrected chi connectivity index (χ2v) is 2.23. The van der Waals surface area contributed by atoms with E-state index >= 15 is 0 Å². The van der Waals surface area contributed by atoms with Crippen LogP contribution in [0.25, 0.3) is 0 Å². The lowest BCUT2D eigenvalue weighted by molar-refractivity contribution is -0.158. The van der Waals surface area contributed by atoms with Gasteiger partial charge in [-0.1, -0.05) is 0 Å². The molecule has 0 amide bonds. The van der Waals surface area contributed by atoms with Crippen LogP contribution in [0, 0.1) is 0 Å². The van der Waals surface area contributed by atoms with Crippen LogP contribution < -0.4 is 0 Å². The van der Waals surface area contributed by atoms with Crippen LogP contribution in [0.4, 0.5) is 0 Å². The van der Waals surface area contributed by atoms with Crippen molar-refractivity contribution in [3.8, 4) is 0 Å². The van der Waals surface area contributed by atoms with E-state index in [1.807, 2.05) is 0 Å². The topological polar surface area (TPSA) is 61.8 Å². The summed E-state index contributed by atoms with van der Waals surface area (Å²) in [7, 11) is 0. The molecule has 0 bridgehead atoms. The largest absolute Gasteiger partial charge is 0.463 e. The Hall–Kier alpha value is -1.10. The van der Waals surface area contributed by atoms with Gasteiger partial charge in [0.2, 0.25) is 0 Å². The fraction of sp³-hybridized carbons (Fsp3) is 0.714. The van der Waals surface area contributed by atoms with Crippen LogP contribution in [0.3, 0.4) is 0 Å². The lowest BCUT2D eigenvalue weighted by atomic mass is 10.4. The number of hydrogen-bond acceptors (Lipinski definition) is 5. The average Bonchev–Trinajstić information content (AvgIpc) is 2.02. The number of rotatable bonds is 0. The number of ether oxygens (including phenoxy) is 3. The predicted octanol–water partition coefficient (Wildman–Crippen LogP) is -0.507. The third-order valence-electron chi connectivity index (χ3n) is 1.27. The van der Waals surface area contributed by atoms with Crippen molar-refractivity contribution in [2.45, 2.75) is 6.42 Å². The minimum Gasteiger partial charge on any atom is -0.463 e. The summed E-state index contributed by atoms with van der Waals surface area (Å²) in [5.41, 5.74) is 0. The van der Waals surface area contributed by atoms with Gasteiger partial charge in [0.15, 0.2) is 0 Å². The Morgan fingerprint density at radius 3 is 1.83 bits per heavy atom. The smallest absolute Gasteiger partial charge is 0.317 e. The maximum absolute atomic E-state index is 10.7. The highest BCUT2D eigenvalue weighted by atomic mass is 16.6. The van der Waals surface area contributed by atoms with E-state index in [-0.39, 0.29) is 19.6 Å². The summed E-state index contributed by atoms with van der Waals surface area (Å²) in [6.45, 7) is 1.10. The molecule has 1 fully saturated rings. The molecule has 0 aromatic carbocycles. The highest BCUT2D eigenvalue weighted by Crippen LogP contribution is 1.93. The number of esters is 2. The molecule has 1 aliphatic rings. The fourth-order valence-corrected chi connectivity index (χ4v) is 0.751. The van der Waals surface area contributed by atoms with Gasteiger partial charge in [0.25, 0.3) is 0 Å². The monoisotopic (exact) mass is 174 g/mol. The highest BCUT2D eigenvalue weighted by molar-refractivity contribution is 5.91. The normalized spacial score (nSPS) is 21.0. The molecule has 0 N–H and O–H groups in total. The van der Waals surface area contributed by atoms with Crippen molar-refractivity contribution in [2.75, 3.05) is 26.4 Å². The molecule has 12 heavy (non-hydrogen) atoms. The molecule has 0 saturated carbocycles. The van der Waals surface area contributed by atoms with E-state index in [2.05, 4.69) is 9.47 Å². The molecular weight excluding hydrogens is 164 g/mol. The van der Waals surface area contributed by atoms with Crippen LogP contribution in [0.5, 0.6) is 0 Å². The van der Waals surface area contributed by atoms with Gasteiger partial charge in [-0.2, -0.15) is 0 Å². The summed E-state index contributed by atoms with van der Waals surface area (Å²) in [5, 5.41) is 0. The highest BCUT2D eigenvalue weighted by Gasteiger charge is 2.12. The minimum absolute atomic E-state index is 0.201. The lowest BCUT2D eigenvalue weighted by Gasteiger charge is -2.09. The molecule has 0 spiro atoms. The maximum atomic E-state index is 10.7. The van der Waals surface area contributed by atoms with Gasteiger partial charge in [0.1, 0.15) is 19.6 Å². The molecule has 68 valence electrons. The summed E-state index contributed by atoms with van der Waals surface area (Å²) in [4.78, 5) is 21.5. The van der Waals surface area contributed by atoms with E-state index < -0.39 is 11.9 Å². The molecular formula is C7H10O5. The van der Waals surface area contributed by atoms with Gasteiger partial charge in [0, 0.05) is 0 Å². The zero-order valence-corrected chi connectivity index (χ0v) is 6.58. The molecule has 1 heterocycles. The zero-order valence-electron chi connectivity index (χ0n) is 6.58. The molecule has 0 radical (unpaired) electrons. The van der Waals surface area contributed by atoms with Gasteiger partial charge < -0.3 is 14.2 Å². The number of hydrogen-bond donors (Lipinski definition) is 0. The van der Waals surface area contributed by atoms with Crippen LogP contribution in [0.15, 0.2) is 0 Å². The van der Waals surface area contributed by atoms with E-state index in [4.69, 9.17) is 4.74 Å². The number of cyclic esters (lactones) is 2. The van der Waals surface area contributed by atoms with Crippen molar-refractivity contribution in [3.05, 3.63) is 0 Å². The van der Waals surface area contributed by atoms with Crippen molar-refractivity contribution in [1.82, 2.24) is 0 Å². The second-order valence-electron chi connectivity index (χ2n) is 2.23. The van der Waals surface area contributed by atoms with Crippen LogP contribution in [-0.2, 0) is 23.8 Å². The van der Waals surface area contributed by atoms with E-state index in [1.54, 1.807) is 0 Å². The van der Waals surface area contributed by atoms with Gasteiger partial charge in [-0.3, -0.25) is 9.59 Å². The third kappa shape index (κ3) is 3.34. The first-order chi connectivity index (χ1) is 5.79. The molecule has 1 aliphatic heterocycles. The predicted molar refractivity (Wildman–Crippen MR) is 37.4 cm³/mol. The Morgan fingerprint density at radius 2 is 1.33 bits per heavy atom. The van der Waals surface area contributed by atoms with E-state index in [9.17, 15) is 9.59 Å². The molecule has 1 saturated heterocycles. The van der Waals surface area contributed by atoms with Gasteiger partial charge in [-0.25, -0.2) is 0 Å². The molecule has 0 unspecified atom stereocenters. The summed E-state index contributed by atoms with van der Waals surface area (Å²) in [5.74, 6) is -1.13. The molecule has 0 aliphatic carbocycles. The molecule has 5 heteroatoms. The van der Waals surface area contributed by atoms with Crippen LogP contribution >= 0.6 is 0 Å². The van der Waals surface area contributed by atoms with Gasteiger partial charge in [-0.05, 0) is 0 Å². The number of carbonyl (C=O) groups excluding carboxylic acids is 2. The van der Waals surface area contributed by atoms with Gasteiger partial charge in [0.05, 0.1) is 13.2 Å². The van der Waals surface area contributed by atoms with Crippen LogP contribution in [-0.4, -0.2) is 38.4 Å². The van der Waals surface area contributed by atoms with Crippen molar-refractivity contribution in [3.63, 3.8) is 0 Å². The molecule has 0 aromatic heterocycles. The van der Waals surface area contributed by atoms with Crippen molar-refractivity contribution < 1.29 is 23.8 Å². The van der Waals surface area contributed by atoms with Crippen molar-refractivity contribution in [1.29, 1.82) is 0 Å². The summed E-state index contributed by atoms with van der Waals surface area (Å²) < 4.78 is 14.2. The van der Waals surface area contributed by atoms with Gasteiger partial charge in [-0.15, -0.1) is 0 Å². The average molecular weight is 174 g/mol. The summed E-state index contributed by atoms with van der Waals surface area (Å²) in [6.07, 6.45) is -0.306. The van der Waals surface area contributed by atoms with Crippen LogP contribution in [0.1, 0.15) is 6.42 Å². The maximum Gasteiger partial charge on any atom is 0.317 e. The quantitative estimate of drug-likeness (QED) is 0.365. The standard InChI is InChI=1S/C7H10O5/c8-6-5-7(9)12-4-2-10-1-3-11-6/h1-5H2. The molecule has 1 rings (SSSR count). The van der Waals surface area contributed by atoms with Crippen LogP contribution in [0.2, 0.25) is 0 Å². The van der Waals surface area contributed by atoms with Crippen molar-refractivity contribution >= 4 is 11.9 Å². The van der Waals surface area contributed by atoms with E-state index in [1.165, 1.54) is 0 Å². The molecule has 0 aromatic rings. The first-order valence-corrected chi connectivity index (χ1v) is 3.68. The van der Waals surface area contributed by atoms with Gasteiger partial charge >= 0.3 is 11.9 Å². The second kappa shape index (κ2) is 4.71. The summed E-state index contributed by atoms with van der Waals surface area (Å²) >= 11 is 0. The zero-order chi connectivity index (χ0) is 8.81. The Bertz CT molecular complexity index is 159.